The maximum absolute atomic E-state index is 12.0. The van der Waals surface area contributed by atoms with E-state index in [9.17, 15) is 4.79 Å². The van der Waals surface area contributed by atoms with E-state index in [1.807, 2.05) is 36.4 Å². The Balaban J connectivity index is 1.53. The fourth-order valence-electron chi connectivity index (χ4n) is 2.42. The molecule has 1 aromatic carbocycles. The monoisotopic (exact) mass is 271 g/mol. The van der Waals surface area contributed by atoms with Crippen LogP contribution in [0.15, 0.2) is 47.1 Å². The van der Waals surface area contributed by atoms with Crippen molar-refractivity contribution in [3.8, 4) is 5.75 Å². The van der Waals surface area contributed by atoms with Gasteiger partial charge in [0.05, 0.1) is 19.9 Å². The van der Waals surface area contributed by atoms with Crippen molar-refractivity contribution in [3.63, 3.8) is 0 Å². The number of hydrogen-bond acceptors (Lipinski definition) is 3. The van der Waals surface area contributed by atoms with Crippen molar-refractivity contribution in [3.05, 3.63) is 54.0 Å². The summed E-state index contributed by atoms with van der Waals surface area (Å²) in [6.07, 6.45) is 2.52. The Morgan fingerprint density at radius 2 is 2.15 bits per heavy atom. The average molecular weight is 271 g/mol. The summed E-state index contributed by atoms with van der Waals surface area (Å²) < 4.78 is 10.3. The maximum atomic E-state index is 12.0. The van der Waals surface area contributed by atoms with Crippen molar-refractivity contribution in [1.29, 1.82) is 0 Å². The Hall–Kier alpha value is -2.23. The predicted octanol–water partition coefficient (Wildman–Crippen LogP) is 2.71. The molecule has 0 bridgehead atoms. The van der Waals surface area contributed by atoms with Gasteiger partial charge in [-0.15, -0.1) is 0 Å². The summed E-state index contributed by atoms with van der Waals surface area (Å²) in [5.41, 5.74) is 1.20. The minimum atomic E-state index is 0.0818. The van der Waals surface area contributed by atoms with Gasteiger partial charge in [0.25, 0.3) is 0 Å². The Bertz CT molecular complexity index is 574. The number of rotatable bonds is 5. The first kappa shape index (κ1) is 12.8. The number of hydrogen-bond donors (Lipinski definition) is 1. The Morgan fingerprint density at radius 1 is 1.35 bits per heavy atom. The zero-order chi connectivity index (χ0) is 13.9. The topological polar surface area (TPSA) is 51.5 Å². The minimum absolute atomic E-state index is 0.0818. The smallest absolute Gasteiger partial charge is 0.224 e. The van der Waals surface area contributed by atoms with E-state index in [-0.39, 0.29) is 11.8 Å². The van der Waals surface area contributed by atoms with Crippen LogP contribution in [0.3, 0.4) is 0 Å². The highest BCUT2D eigenvalue weighted by Gasteiger charge is 2.43. The third kappa shape index (κ3) is 2.69. The molecule has 0 spiro atoms. The van der Waals surface area contributed by atoms with E-state index in [1.54, 1.807) is 13.4 Å². The molecule has 1 aromatic heterocycles. The van der Waals surface area contributed by atoms with Crippen molar-refractivity contribution in [2.24, 2.45) is 5.92 Å². The molecule has 20 heavy (non-hydrogen) atoms. The van der Waals surface area contributed by atoms with Crippen LogP contribution < -0.4 is 10.1 Å². The summed E-state index contributed by atoms with van der Waals surface area (Å²) in [5, 5.41) is 2.91. The molecule has 0 aliphatic heterocycles. The first-order chi connectivity index (χ1) is 9.78. The first-order valence-electron chi connectivity index (χ1n) is 6.72. The molecule has 104 valence electrons. The van der Waals surface area contributed by atoms with Gasteiger partial charge in [-0.2, -0.15) is 0 Å². The number of carbonyl (C=O) groups excluding carboxylic acids is 1. The number of amides is 1. The lowest BCUT2D eigenvalue weighted by molar-refractivity contribution is -0.122. The zero-order valence-corrected chi connectivity index (χ0v) is 11.3. The first-order valence-corrected chi connectivity index (χ1v) is 6.72. The molecular weight excluding hydrogens is 254 g/mol. The van der Waals surface area contributed by atoms with Crippen LogP contribution in [0, 0.1) is 5.92 Å². The highest BCUT2D eigenvalue weighted by Crippen LogP contribution is 2.47. The van der Waals surface area contributed by atoms with Crippen molar-refractivity contribution in [1.82, 2.24) is 5.32 Å². The number of benzene rings is 1. The van der Waals surface area contributed by atoms with Crippen LogP contribution in [-0.2, 0) is 11.3 Å². The van der Waals surface area contributed by atoms with Gasteiger partial charge in [-0.3, -0.25) is 4.79 Å². The molecule has 1 amide bonds. The minimum Gasteiger partial charge on any atom is -0.497 e. The lowest BCUT2D eigenvalue weighted by Gasteiger charge is -2.04. The summed E-state index contributed by atoms with van der Waals surface area (Å²) >= 11 is 0. The molecule has 1 saturated carbocycles. The number of carbonyl (C=O) groups is 1. The molecule has 1 aliphatic rings. The zero-order valence-electron chi connectivity index (χ0n) is 11.3. The highest BCUT2D eigenvalue weighted by molar-refractivity contribution is 5.82. The average Bonchev–Trinajstić information content (AvgIpc) is 3.12. The molecule has 4 nitrogen and oxygen atoms in total. The number of methoxy groups -OCH3 is 1. The molecule has 4 heteroatoms. The predicted molar refractivity (Wildman–Crippen MR) is 74.4 cm³/mol. The second kappa shape index (κ2) is 5.41. The molecule has 1 N–H and O–H groups in total. The molecule has 0 saturated heterocycles. The van der Waals surface area contributed by atoms with Crippen LogP contribution >= 0.6 is 0 Å². The fraction of sp³-hybridized carbons (Fsp3) is 0.312. The van der Waals surface area contributed by atoms with E-state index in [0.29, 0.717) is 12.5 Å². The molecule has 1 heterocycles. The summed E-state index contributed by atoms with van der Waals surface area (Å²) in [5.74, 6) is 2.13. The third-order valence-electron chi connectivity index (χ3n) is 3.69. The van der Waals surface area contributed by atoms with Crippen LogP contribution in [-0.4, -0.2) is 13.0 Å². The van der Waals surface area contributed by atoms with Crippen LogP contribution in [0.2, 0.25) is 0 Å². The van der Waals surface area contributed by atoms with E-state index < -0.39 is 0 Å². The molecule has 0 radical (unpaired) electrons. The normalized spacial score (nSPS) is 20.4. The van der Waals surface area contributed by atoms with Crippen molar-refractivity contribution in [2.45, 2.75) is 18.9 Å². The van der Waals surface area contributed by atoms with Gasteiger partial charge in [0.2, 0.25) is 5.91 Å². The molecule has 3 rings (SSSR count). The fourth-order valence-corrected chi connectivity index (χ4v) is 2.42. The van der Waals surface area contributed by atoms with Crippen molar-refractivity contribution in [2.75, 3.05) is 7.11 Å². The van der Waals surface area contributed by atoms with Gasteiger partial charge in [0.15, 0.2) is 0 Å². The van der Waals surface area contributed by atoms with Crippen molar-refractivity contribution >= 4 is 5.91 Å². The molecule has 2 unspecified atom stereocenters. The van der Waals surface area contributed by atoms with E-state index in [1.165, 1.54) is 5.56 Å². The second-order valence-corrected chi connectivity index (χ2v) is 5.02. The van der Waals surface area contributed by atoms with E-state index in [4.69, 9.17) is 9.15 Å². The van der Waals surface area contributed by atoms with E-state index in [0.717, 1.165) is 17.9 Å². The Kier molecular flexibility index (Phi) is 3.46. The van der Waals surface area contributed by atoms with Gasteiger partial charge in [-0.05, 0) is 42.2 Å². The van der Waals surface area contributed by atoms with Crippen LogP contribution in [0.25, 0.3) is 0 Å². The van der Waals surface area contributed by atoms with Gasteiger partial charge in [0, 0.05) is 5.92 Å². The number of ether oxygens (including phenoxy) is 1. The Morgan fingerprint density at radius 3 is 2.80 bits per heavy atom. The lowest BCUT2D eigenvalue weighted by Crippen LogP contribution is -2.24. The van der Waals surface area contributed by atoms with Crippen molar-refractivity contribution < 1.29 is 13.9 Å². The SMILES string of the molecule is COc1ccc(C2CC2C(=O)NCc2ccco2)cc1. The molecule has 1 aliphatic carbocycles. The quantitative estimate of drug-likeness (QED) is 0.909. The number of nitrogens with one attached hydrogen (secondary N) is 1. The van der Waals surface area contributed by atoms with Crippen LogP contribution in [0.5, 0.6) is 5.75 Å². The molecule has 2 atom stereocenters. The largest absolute Gasteiger partial charge is 0.497 e. The van der Waals surface area contributed by atoms with Crippen LogP contribution in [0.1, 0.15) is 23.7 Å². The van der Waals surface area contributed by atoms with E-state index >= 15 is 0 Å². The lowest BCUT2D eigenvalue weighted by atomic mass is 10.1. The summed E-state index contributed by atoms with van der Waals surface area (Å²) in [6.45, 7) is 0.456. The maximum Gasteiger partial charge on any atom is 0.224 e. The van der Waals surface area contributed by atoms with Gasteiger partial charge >= 0.3 is 0 Å². The molecule has 2 aromatic rings. The van der Waals surface area contributed by atoms with Gasteiger partial charge in [0.1, 0.15) is 11.5 Å². The van der Waals surface area contributed by atoms with Crippen LogP contribution in [0.4, 0.5) is 0 Å². The summed E-state index contributed by atoms with van der Waals surface area (Å²) in [4.78, 5) is 12.0. The summed E-state index contributed by atoms with van der Waals surface area (Å²) in [7, 11) is 1.65. The summed E-state index contributed by atoms with van der Waals surface area (Å²) in [6, 6.07) is 11.6. The van der Waals surface area contributed by atoms with Gasteiger partial charge < -0.3 is 14.5 Å². The van der Waals surface area contributed by atoms with Gasteiger partial charge in [-0.25, -0.2) is 0 Å². The number of furan rings is 1. The molecular formula is C16H17NO3. The van der Waals surface area contributed by atoms with Gasteiger partial charge in [-0.1, -0.05) is 12.1 Å². The highest BCUT2D eigenvalue weighted by atomic mass is 16.5. The standard InChI is InChI=1S/C16H17NO3/c1-19-12-6-4-11(5-7-12)14-9-15(14)16(18)17-10-13-3-2-8-20-13/h2-8,14-15H,9-10H2,1H3,(H,17,18). The van der Waals surface area contributed by atoms with E-state index in [2.05, 4.69) is 5.32 Å². The second-order valence-electron chi connectivity index (χ2n) is 5.02. The molecule has 1 fully saturated rings. The Labute approximate surface area is 117 Å². The third-order valence-corrected chi connectivity index (χ3v) is 3.69.